The van der Waals surface area contributed by atoms with Crippen LogP contribution in [-0.4, -0.2) is 40.5 Å². The van der Waals surface area contributed by atoms with E-state index in [4.69, 9.17) is 4.98 Å². The van der Waals surface area contributed by atoms with Gasteiger partial charge < -0.3 is 14.8 Å². The van der Waals surface area contributed by atoms with Crippen LogP contribution in [0.25, 0.3) is 0 Å². The molecule has 108 valence electrons. The predicted octanol–water partition coefficient (Wildman–Crippen LogP) is 1.20. The number of likely N-dealkylation sites (N-methyl/N-ethyl adjacent to an activating group) is 1. The highest BCUT2D eigenvalue weighted by Crippen LogP contribution is 2.42. The van der Waals surface area contributed by atoms with Crippen molar-refractivity contribution in [2.45, 2.75) is 50.6 Å². The molecule has 5 heteroatoms. The molecule has 1 amide bonds. The summed E-state index contributed by atoms with van der Waals surface area (Å²) in [5.74, 6) is 2.25. The zero-order chi connectivity index (χ0) is 13.7. The molecule has 4 rings (SSSR count). The van der Waals surface area contributed by atoms with E-state index in [2.05, 4.69) is 9.88 Å². The molecule has 1 aliphatic carbocycles. The molecule has 1 atom stereocenters. The van der Waals surface area contributed by atoms with Gasteiger partial charge >= 0.3 is 0 Å². The quantitative estimate of drug-likeness (QED) is 0.881. The van der Waals surface area contributed by atoms with Crippen LogP contribution in [-0.2, 0) is 17.8 Å². The Labute approximate surface area is 119 Å². The summed E-state index contributed by atoms with van der Waals surface area (Å²) in [7, 11) is 1.93. The number of piperidine rings is 1. The van der Waals surface area contributed by atoms with Crippen LogP contribution in [0.15, 0.2) is 0 Å². The molecule has 0 spiro atoms. The molecule has 0 aromatic carbocycles. The van der Waals surface area contributed by atoms with E-state index in [1.807, 2.05) is 11.9 Å². The number of amides is 1. The van der Waals surface area contributed by atoms with E-state index in [0.717, 1.165) is 32.5 Å². The van der Waals surface area contributed by atoms with Gasteiger partial charge in [0.25, 0.3) is 0 Å². The summed E-state index contributed by atoms with van der Waals surface area (Å²) in [6.45, 7) is 2.79. The Kier molecular flexibility index (Phi) is 2.84. The predicted molar refractivity (Wildman–Crippen MR) is 75.5 cm³/mol. The SMILES string of the molecule is CN1CC(n2c(C3CC3)nc3c2CCNC3)CCC1=O. The lowest BCUT2D eigenvalue weighted by Gasteiger charge is -2.33. The second-order valence-electron chi connectivity index (χ2n) is 6.40. The van der Waals surface area contributed by atoms with Crippen LogP contribution < -0.4 is 5.32 Å². The first-order chi connectivity index (χ1) is 9.74. The topological polar surface area (TPSA) is 50.2 Å². The first-order valence-electron chi connectivity index (χ1n) is 7.78. The van der Waals surface area contributed by atoms with Gasteiger partial charge in [-0.1, -0.05) is 0 Å². The van der Waals surface area contributed by atoms with Gasteiger partial charge in [0, 0.05) is 51.1 Å². The molecule has 1 N–H and O–H groups in total. The highest BCUT2D eigenvalue weighted by molar-refractivity contribution is 5.76. The van der Waals surface area contributed by atoms with Crippen LogP contribution in [0.1, 0.15) is 54.9 Å². The zero-order valence-corrected chi connectivity index (χ0v) is 12.1. The minimum atomic E-state index is 0.282. The number of likely N-dealkylation sites (tertiary alicyclic amines) is 1. The van der Waals surface area contributed by atoms with Gasteiger partial charge in [-0.2, -0.15) is 0 Å². The normalized spacial score (nSPS) is 26.8. The molecule has 1 aromatic rings. The fourth-order valence-electron chi connectivity index (χ4n) is 3.59. The maximum atomic E-state index is 11.7. The summed E-state index contributed by atoms with van der Waals surface area (Å²) in [4.78, 5) is 18.5. The number of imidazole rings is 1. The smallest absolute Gasteiger partial charge is 0.222 e. The van der Waals surface area contributed by atoms with Crippen LogP contribution in [0, 0.1) is 0 Å². The van der Waals surface area contributed by atoms with Crippen molar-refractivity contribution < 1.29 is 4.79 Å². The van der Waals surface area contributed by atoms with E-state index in [9.17, 15) is 4.79 Å². The lowest BCUT2D eigenvalue weighted by Crippen LogP contribution is -2.39. The summed E-state index contributed by atoms with van der Waals surface area (Å²) >= 11 is 0. The molecule has 1 saturated heterocycles. The van der Waals surface area contributed by atoms with E-state index in [1.165, 1.54) is 30.1 Å². The first-order valence-corrected chi connectivity index (χ1v) is 7.78. The van der Waals surface area contributed by atoms with E-state index in [1.54, 1.807) is 0 Å². The number of nitrogens with zero attached hydrogens (tertiary/aromatic N) is 3. The largest absolute Gasteiger partial charge is 0.344 e. The second kappa shape index (κ2) is 4.58. The summed E-state index contributed by atoms with van der Waals surface area (Å²) in [6.07, 6.45) is 5.29. The fourth-order valence-corrected chi connectivity index (χ4v) is 3.59. The van der Waals surface area contributed by atoms with Crippen molar-refractivity contribution in [1.29, 1.82) is 0 Å². The van der Waals surface area contributed by atoms with E-state index in [-0.39, 0.29) is 5.91 Å². The number of rotatable bonds is 2. The van der Waals surface area contributed by atoms with Gasteiger partial charge in [0.05, 0.1) is 11.7 Å². The first kappa shape index (κ1) is 12.4. The van der Waals surface area contributed by atoms with Crippen molar-refractivity contribution in [3.8, 4) is 0 Å². The molecule has 0 bridgehead atoms. The lowest BCUT2D eigenvalue weighted by molar-refractivity contribution is -0.132. The summed E-state index contributed by atoms with van der Waals surface area (Å²) < 4.78 is 2.51. The Hall–Kier alpha value is -1.36. The minimum Gasteiger partial charge on any atom is -0.344 e. The van der Waals surface area contributed by atoms with Gasteiger partial charge in [0.1, 0.15) is 5.82 Å². The number of hydrogen-bond acceptors (Lipinski definition) is 3. The van der Waals surface area contributed by atoms with Crippen molar-refractivity contribution >= 4 is 5.91 Å². The Bertz CT molecular complexity index is 546. The molecule has 2 aliphatic heterocycles. The van der Waals surface area contributed by atoms with Crippen molar-refractivity contribution in [3.63, 3.8) is 0 Å². The van der Waals surface area contributed by atoms with Crippen LogP contribution in [0.5, 0.6) is 0 Å². The number of hydrogen-bond donors (Lipinski definition) is 1. The molecule has 20 heavy (non-hydrogen) atoms. The average molecular weight is 274 g/mol. The van der Waals surface area contributed by atoms with Crippen LogP contribution in [0.3, 0.4) is 0 Å². The standard InChI is InChI=1S/C15H22N4O/c1-18-9-11(4-5-14(18)20)19-13-6-7-16-8-12(13)17-15(19)10-2-3-10/h10-11,16H,2-9H2,1H3. The molecule has 1 unspecified atom stereocenters. The molecule has 5 nitrogen and oxygen atoms in total. The van der Waals surface area contributed by atoms with Gasteiger partial charge in [-0.15, -0.1) is 0 Å². The Balaban J connectivity index is 1.72. The van der Waals surface area contributed by atoms with Gasteiger partial charge in [0.15, 0.2) is 0 Å². The fraction of sp³-hybridized carbons (Fsp3) is 0.733. The molecular weight excluding hydrogens is 252 g/mol. The Morgan fingerprint density at radius 3 is 2.85 bits per heavy atom. The highest BCUT2D eigenvalue weighted by Gasteiger charge is 2.35. The molecule has 3 aliphatic rings. The molecule has 0 radical (unpaired) electrons. The minimum absolute atomic E-state index is 0.282. The van der Waals surface area contributed by atoms with Crippen LogP contribution >= 0.6 is 0 Å². The van der Waals surface area contributed by atoms with Crippen LogP contribution in [0.4, 0.5) is 0 Å². The molecule has 1 aromatic heterocycles. The third kappa shape index (κ3) is 1.95. The lowest BCUT2D eigenvalue weighted by atomic mass is 10.0. The maximum Gasteiger partial charge on any atom is 0.222 e. The highest BCUT2D eigenvalue weighted by atomic mass is 16.2. The number of nitrogens with one attached hydrogen (secondary N) is 1. The van der Waals surface area contributed by atoms with Gasteiger partial charge in [0.2, 0.25) is 5.91 Å². The number of fused-ring (bicyclic) bond motifs is 1. The monoisotopic (exact) mass is 274 g/mol. The van der Waals surface area contributed by atoms with Crippen molar-refractivity contribution in [3.05, 3.63) is 17.2 Å². The summed E-state index contributed by atoms with van der Waals surface area (Å²) in [6, 6.07) is 0.433. The Morgan fingerprint density at radius 1 is 1.25 bits per heavy atom. The van der Waals surface area contributed by atoms with Crippen molar-refractivity contribution in [2.24, 2.45) is 0 Å². The third-order valence-corrected chi connectivity index (χ3v) is 4.86. The van der Waals surface area contributed by atoms with E-state index in [0.29, 0.717) is 18.4 Å². The number of carbonyl (C=O) groups is 1. The number of carbonyl (C=O) groups excluding carboxylic acids is 1. The van der Waals surface area contributed by atoms with Gasteiger partial charge in [-0.25, -0.2) is 4.98 Å². The molecule has 1 saturated carbocycles. The molecule has 3 heterocycles. The Morgan fingerprint density at radius 2 is 2.10 bits per heavy atom. The van der Waals surface area contributed by atoms with Crippen molar-refractivity contribution in [2.75, 3.05) is 20.1 Å². The molecular formula is C15H22N4O. The average Bonchev–Trinajstić information content (AvgIpc) is 3.23. The van der Waals surface area contributed by atoms with E-state index >= 15 is 0 Å². The van der Waals surface area contributed by atoms with E-state index < -0.39 is 0 Å². The maximum absolute atomic E-state index is 11.7. The third-order valence-electron chi connectivity index (χ3n) is 4.86. The number of aromatic nitrogens is 2. The summed E-state index contributed by atoms with van der Waals surface area (Å²) in [5.41, 5.74) is 2.68. The molecule has 2 fully saturated rings. The van der Waals surface area contributed by atoms with Gasteiger partial charge in [-0.05, 0) is 19.3 Å². The second-order valence-corrected chi connectivity index (χ2v) is 6.40. The van der Waals surface area contributed by atoms with Gasteiger partial charge in [-0.3, -0.25) is 4.79 Å². The van der Waals surface area contributed by atoms with Crippen LogP contribution in [0.2, 0.25) is 0 Å². The van der Waals surface area contributed by atoms with Crippen molar-refractivity contribution in [1.82, 2.24) is 19.8 Å². The summed E-state index contributed by atoms with van der Waals surface area (Å²) in [5, 5.41) is 3.42. The zero-order valence-electron chi connectivity index (χ0n) is 12.1.